The van der Waals surface area contributed by atoms with Crippen LogP contribution in [0, 0.1) is 0 Å². The van der Waals surface area contributed by atoms with Gasteiger partial charge < -0.3 is 15.7 Å². The largest absolute Gasteiger partial charge is 0.480 e. The van der Waals surface area contributed by atoms with E-state index in [0.717, 1.165) is 5.56 Å². The van der Waals surface area contributed by atoms with E-state index in [1.165, 1.54) is 0 Å². The van der Waals surface area contributed by atoms with Crippen LogP contribution in [0.1, 0.15) is 31.9 Å². The average molecular weight is 251 g/mol. The van der Waals surface area contributed by atoms with Crippen LogP contribution in [0.4, 0.5) is 4.79 Å². The molecule has 0 aliphatic carbocycles. The second-order valence-corrected chi connectivity index (χ2v) is 3.92. The van der Waals surface area contributed by atoms with Gasteiger partial charge in [0.15, 0.2) is 0 Å². The molecule has 6 nitrogen and oxygen atoms in total. The molecule has 0 fully saturated rings. The standard InChI is InChI=1S/C12H17N3O3/c1-3-10(11(16)17)15-12(18)14-8(2)9-4-6-13-7-5-9/h4-8,10H,3H2,1-2H3,(H,16,17)(H2,14,15,18). The number of nitrogens with zero attached hydrogens (tertiary/aromatic N) is 1. The molecule has 2 unspecified atom stereocenters. The van der Waals surface area contributed by atoms with Crippen molar-refractivity contribution in [3.63, 3.8) is 0 Å². The van der Waals surface area contributed by atoms with Crippen molar-refractivity contribution in [3.8, 4) is 0 Å². The van der Waals surface area contributed by atoms with Gasteiger partial charge in [-0.2, -0.15) is 0 Å². The smallest absolute Gasteiger partial charge is 0.326 e. The zero-order valence-electron chi connectivity index (χ0n) is 10.4. The van der Waals surface area contributed by atoms with E-state index >= 15 is 0 Å². The number of carboxylic acid groups (broad SMARTS) is 1. The Hall–Kier alpha value is -2.11. The first-order valence-corrected chi connectivity index (χ1v) is 5.74. The molecule has 1 aromatic heterocycles. The van der Waals surface area contributed by atoms with Crippen LogP contribution < -0.4 is 10.6 Å². The van der Waals surface area contributed by atoms with Crippen LogP contribution in [-0.2, 0) is 4.79 Å². The molecule has 0 bridgehead atoms. The number of carbonyl (C=O) groups excluding carboxylic acids is 1. The number of urea groups is 1. The number of rotatable bonds is 5. The minimum Gasteiger partial charge on any atom is -0.480 e. The van der Waals surface area contributed by atoms with Crippen molar-refractivity contribution < 1.29 is 14.7 Å². The normalized spacial score (nSPS) is 13.4. The maximum Gasteiger partial charge on any atom is 0.326 e. The maximum atomic E-state index is 11.6. The number of carbonyl (C=O) groups is 2. The van der Waals surface area contributed by atoms with Crippen molar-refractivity contribution >= 4 is 12.0 Å². The zero-order valence-corrected chi connectivity index (χ0v) is 10.4. The summed E-state index contributed by atoms with van der Waals surface area (Å²) in [6.45, 7) is 3.52. The Morgan fingerprint density at radius 2 is 1.94 bits per heavy atom. The molecule has 0 aliphatic rings. The molecule has 0 aromatic carbocycles. The lowest BCUT2D eigenvalue weighted by molar-refractivity contribution is -0.139. The van der Waals surface area contributed by atoms with Crippen molar-refractivity contribution in [2.24, 2.45) is 0 Å². The van der Waals surface area contributed by atoms with Gasteiger partial charge in [0.05, 0.1) is 6.04 Å². The first-order valence-electron chi connectivity index (χ1n) is 5.74. The lowest BCUT2D eigenvalue weighted by Gasteiger charge is -2.17. The SMILES string of the molecule is CCC(NC(=O)NC(C)c1ccncc1)C(=O)O. The number of hydrogen-bond donors (Lipinski definition) is 3. The van der Waals surface area contributed by atoms with Crippen LogP contribution >= 0.6 is 0 Å². The molecule has 98 valence electrons. The van der Waals surface area contributed by atoms with Crippen molar-refractivity contribution in [1.82, 2.24) is 15.6 Å². The maximum absolute atomic E-state index is 11.6. The Bertz CT molecular complexity index is 408. The second kappa shape index (κ2) is 6.58. The van der Waals surface area contributed by atoms with E-state index in [0.29, 0.717) is 6.42 Å². The van der Waals surface area contributed by atoms with E-state index in [2.05, 4.69) is 15.6 Å². The first-order chi connectivity index (χ1) is 8.54. The Labute approximate surface area is 105 Å². The lowest BCUT2D eigenvalue weighted by atomic mass is 10.1. The lowest BCUT2D eigenvalue weighted by Crippen LogP contribution is -2.46. The van der Waals surface area contributed by atoms with E-state index in [4.69, 9.17) is 5.11 Å². The Morgan fingerprint density at radius 1 is 1.33 bits per heavy atom. The molecule has 3 N–H and O–H groups in total. The monoisotopic (exact) mass is 251 g/mol. The fourth-order valence-corrected chi connectivity index (χ4v) is 1.47. The molecule has 1 rings (SSSR count). The first kappa shape index (κ1) is 14.0. The molecule has 2 atom stereocenters. The Kier molecular flexibility index (Phi) is 5.10. The van der Waals surface area contributed by atoms with Crippen LogP contribution in [0.15, 0.2) is 24.5 Å². The summed E-state index contributed by atoms with van der Waals surface area (Å²) >= 11 is 0. The molecule has 0 spiro atoms. The predicted molar refractivity (Wildman–Crippen MR) is 66.0 cm³/mol. The molecule has 2 amide bonds. The van der Waals surface area contributed by atoms with Gasteiger partial charge in [-0.1, -0.05) is 6.92 Å². The van der Waals surface area contributed by atoms with E-state index in [9.17, 15) is 9.59 Å². The van der Waals surface area contributed by atoms with Gasteiger partial charge >= 0.3 is 12.0 Å². The van der Waals surface area contributed by atoms with E-state index in [-0.39, 0.29) is 6.04 Å². The highest BCUT2D eigenvalue weighted by Gasteiger charge is 2.18. The number of carboxylic acids is 1. The molecule has 6 heteroatoms. The number of aliphatic carboxylic acids is 1. The summed E-state index contributed by atoms with van der Waals surface area (Å²) in [6, 6.07) is 2.02. The summed E-state index contributed by atoms with van der Waals surface area (Å²) in [6.07, 6.45) is 3.61. The third-order valence-electron chi connectivity index (χ3n) is 2.57. The highest BCUT2D eigenvalue weighted by atomic mass is 16.4. The Morgan fingerprint density at radius 3 is 2.44 bits per heavy atom. The second-order valence-electron chi connectivity index (χ2n) is 3.92. The highest BCUT2D eigenvalue weighted by molar-refractivity contribution is 5.82. The quantitative estimate of drug-likeness (QED) is 0.735. The number of amides is 2. The topological polar surface area (TPSA) is 91.3 Å². The van der Waals surface area contributed by atoms with Crippen LogP contribution in [0.25, 0.3) is 0 Å². The molecule has 0 saturated carbocycles. The molecular weight excluding hydrogens is 234 g/mol. The number of aromatic nitrogens is 1. The minimum atomic E-state index is -1.04. The minimum absolute atomic E-state index is 0.209. The Balaban J connectivity index is 2.52. The van der Waals surface area contributed by atoms with Gasteiger partial charge in [0.1, 0.15) is 6.04 Å². The molecule has 1 aromatic rings. The van der Waals surface area contributed by atoms with Crippen molar-refractivity contribution in [2.45, 2.75) is 32.4 Å². The van der Waals surface area contributed by atoms with Gasteiger partial charge in [0.2, 0.25) is 0 Å². The summed E-state index contributed by atoms with van der Waals surface area (Å²) in [5.41, 5.74) is 0.906. The predicted octanol–water partition coefficient (Wildman–Crippen LogP) is 1.30. The van der Waals surface area contributed by atoms with Gasteiger partial charge in [0.25, 0.3) is 0 Å². The summed E-state index contributed by atoms with van der Waals surface area (Å²) in [5, 5.41) is 13.9. The summed E-state index contributed by atoms with van der Waals surface area (Å²) < 4.78 is 0. The van der Waals surface area contributed by atoms with Crippen molar-refractivity contribution in [1.29, 1.82) is 0 Å². The van der Waals surface area contributed by atoms with Crippen LogP contribution in [-0.4, -0.2) is 28.1 Å². The van der Waals surface area contributed by atoms with E-state index in [1.54, 1.807) is 31.5 Å². The summed E-state index contributed by atoms with van der Waals surface area (Å²) in [4.78, 5) is 26.3. The van der Waals surface area contributed by atoms with Gasteiger partial charge in [0, 0.05) is 12.4 Å². The average Bonchev–Trinajstić information content (AvgIpc) is 2.36. The van der Waals surface area contributed by atoms with Crippen molar-refractivity contribution in [2.75, 3.05) is 0 Å². The van der Waals surface area contributed by atoms with Gasteiger partial charge in [-0.25, -0.2) is 9.59 Å². The summed E-state index contributed by atoms with van der Waals surface area (Å²) in [5.74, 6) is -1.04. The molecule has 1 heterocycles. The van der Waals surface area contributed by atoms with Crippen LogP contribution in [0.3, 0.4) is 0 Å². The van der Waals surface area contributed by atoms with E-state index < -0.39 is 18.0 Å². The third-order valence-corrected chi connectivity index (χ3v) is 2.57. The van der Waals surface area contributed by atoms with E-state index in [1.807, 2.05) is 6.92 Å². The number of nitrogens with one attached hydrogen (secondary N) is 2. The molecular formula is C12H17N3O3. The summed E-state index contributed by atoms with van der Waals surface area (Å²) in [7, 11) is 0. The van der Waals surface area contributed by atoms with Crippen molar-refractivity contribution in [3.05, 3.63) is 30.1 Å². The molecule has 0 saturated heterocycles. The zero-order chi connectivity index (χ0) is 13.5. The van der Waals surface area contributed by atoms with Gasteiger partial charge in [-0.15, -0.1) is 0 Å². The van der Waals surface area contributed by atoms with Gasteiger partial charge in [-0.05, 0) is 31.0 Å². The molecule has 0 radical (unpaired) electrons. The van der Waals surface area contributed by atoms with Crippen LogP contribution in [0.5, 0.6) is 0 Å². The van der Waals surface area contributed by atoms with Gasteiger partial charge in [-0.3, -0.25) is 4.98 Å². The number of pyridine rings is 1. The highest BCUT2D eigenvalue weighted by Crippen LogP contribution is 2.09. The van der Waals surface area contributed by atoms with Crippen LogP contribution in [0.2, 0.25) is 0 Å². The fourth-order valence-electron chi connectivity index (χ4n) is 1.47. The number of hydrogen-bond acceptors (Lipinski definition) is 3. The molecule has 18 heavy (non-hydrogen) atoms. The fraction of sp³-hybridized carbons (Fsp3) is 0.417. The molecule has 0 aliphatic heterocycles. The third kappa shape index (κ3) is 4.04.